The Morgan fingerprint density at radius 1 is 0.491 bits per heavy atom. The van der Waals surface area contributed by atoms with E-state index >= 15 is 0 Å². The van der Waals surface area contributed by atoms with Crippen LogP contribution in [0, 0.1) is 5.41 Å². The van der Waals surface area contributed by atoms with Gasteiger partial charge in [-0.25, -0.2) is 4.99 Å². The fourth-order valence-electron chi connectivity index (χ4n) is 7.76. The molecule has 3 heterocycles. The second-order valence-electron chi connectivity index (χ2n) is 13.3. The van der Waals surface area contributed by atoms with Crippen LogP contribution in [0.4, 0.5) is 0 Å². The van der Waals surface area contributed by atoms with E-state index < -0.39 is 0 Å². The number of H-pyrrole nitrogens is 1. The number of nitrogens with zero attached hydrogens (tertiary/aromatic N) is 3. The van der Waals surface area contributed by atoms with Crippen LogP contribution in [0.15, 0.2) is 193 Å². The molecule has 250 valence electrons. The molecule has 10 aromatic rings. The predicted octanol–water partition coefficient (Wildman–Crippen LogP) is 11.5. The number of aromatic nitrogens is 3. The first-order valence-corrected chi connectivity index (χ1v) is 17.8. The molecule has 5 nitrogen and oxygen atoms in total. The molecule has 10 rings (SSSR count). The van der Waals surface area contributed by atoms with Crippen LogP contribution < -0.4 is 5.49 Å². The Bertz CT molecular complexity index is 3050. The van der Waals surface area contributed by atoms with Crippen LogP contribution in [0.2, 0.25) is 0 Å². The maximum atomic E-state index is 9.05. The summed E-state index contributed by atoms with van der Waals surface area (Å²) < 4.78 is 4.59. The smallest absolute Gasteiger partial charge is 0.154 e. The summed E-state index contributed by atoms with van der Waals surface area (Å²) in [6.07, 6.45) is 4.01. The highest BCUT2D eigenvalue weighted by Gasteiger charge is 2.17. The van der Waals surface area contributed by atoms with Gasteiger partial charge in [-0.1, -0.05) is 109 Å². The molecule has 0 saturated heterocycles. The third kappa shape index (κ3) is 5.17. The zero-order valence-electron chi connectivity index (χ0n) is 28.7. The van der Waals surface area contributed by atoms with Crippen LogP contribution >= 0.6 is 0 Å². The van der Waals surface area contributed by atoms with Crippen LogP contribution in [0.1, 0.15) is 5.56 Å². The van der Waals surface area contributed by atoms with E-state index in [4.69, 9.17) is 10.4 Å². The van der Waals surface area contributed by atoms with Crippen molar-refractivity contribution in [1.29, 1.82) is 5.41 Å². The molecule has 0 amide bonds. The second-order valence-corrected chi connectivity index (χ2v) is 13.3. The van der Waals surface area contributed by atoms with Crippen molar-refractivity contribution in [2.75, 3.05) is 0 Å². The minimum absolute atomic E-state index is 0.192. The van der Waals surface area contributed by atoms with Crippen molar-refractivity contribution in [1.82, 2.24) is 14.1 Å². The monoisotopic (exact) mass is 679 g/mol. The highest BCUT2D eigenvalue weighted by atomic mass is 15.0. The van der Waals surface area contributed by atoms with Crippen molar-refractivity contribution in [3.05, 3.63) is 199 Å². The maximum absolute atomic E-state index is 9.05. The second kappa shape index (κ2) is 12.5. The first-order valence-electron chi connectivity index (χ1n) is 17.8. The van der Waals surface area contributed by atoms with E-state index in [1.54, 1.807) is 0 Å². The molecule has 0 aliphatic heterocycles. The molecule has 2 N–H and O–H groups in total. The van der Waals surface area contributed by atoms with Gasteiger partial charge in [-0.2, -0.15) is 0 Å². The van der Waals surface area contributed by atoms with Crippen LogP contribution in [0.5, 0.6) is 0 Å². The molecule has 0 bridgehead atoms. The summed E-state index contributed by atoms with van der Waals surface area (Å²) in [7, 11) is 0. The Labute approximate surface area is 305 Å². The summed E-state index contributed by atoms with van der Waals surface area (Å²) >= 11 is 0. The minimum atomic E-state index is 0.192. The lowest BCUT2D eigenvalue weighted by atomic mass is 9.96. The van der Waals surface area contributed by atoms with Gasteiger partial charge >= 0.3 is 0 Å². The summed E-state index contributed by atoms with van der Waals surface area (Å²) in [5.74, 6) is 0.192. The van der Waals surface area contributed by atoms with E-state index in [1.165, 1.54) is 38.0 Å². The Hall–Kier alpha value is -7.24. The van der Waals surface area contributed by atoms with Crippen LogP contribution in [0.25, 0.3) is 77.1 Å². The lowest BCUT2D eigenvalue weighted by Crippen LogP contribution is -2.14. The highest BCUT2D eigenvalue weighted by Crippen LogP contribution is 2.38. The van der Waals surface area contributed by atoms with Gasteiger partial charge in [0.2, 0.25) is 0 Å². The topological polar surface area (TPSA) is 61.9 Å². The summed E-state index contributed by atoms with van der Waals surface area (Å²) in [6, 6.07) is 61.4. The van der Waals surface area contributed by atoms with Crippen molar-refractivity contribution in [3.8, 4) is 33.6 Å². The molecule has 3 aromatic heterocycles. The van der Waals surface area contributed by atoms with E-state index in [-0.39, 0.29) is 5.84 Å². The van der Waals surface area contributed by atoms with Crippen LogP contribution in [0.3, 0.4) is 0 Å². The van der Waals surface area contributed by atoms with Gasteiger partial charge in [0, 0.05) is 51.1 Å². The van der Waals surface area contributed by atoms with Gasteiger partial charge in [-0.15, -0.1) is 0 Å². The van der Waals surface area contributed by atoms with Crippen molar-refractivity contribution in [2.45, 2.75) is 0 Å². The van der Waals surface area contributed by atoms with Crippen LogP contribution in [-0.2, 0) is 0 Å². The summed E-state index contributed by atoms with van der Waals surface area (Å²) in [4.78, 5) is 8.11. The molecule has 53 heavy (non-hydrogen) atoms. The summed E-state index contributed by atoms with van der Waals surface area (Å²) in [6.45, 7) is 0. The Morgan fingerprint density at radius 2 is 1.19 bits per heavy atom. The Morgan fingerprint density at radius 3 is 2.02 bits per heavy atom. The number of pyridine rings is 1. The number of hydrogen-bond donors (Lipinski definition) is 2. The molecule has 0 unspecified atom stereocenters. The van der Waals surface area contributed by atoms with Gasteiger partial charge in [0.1, 0.15) is 5.49 Å². The molecule has 0 fully saturated rings. The van der Waals surface area contributed by atoms with E-state index in [9.17, 15) is 0 Å². The molecule has 0 atom stereocenters. The molecule has 0 aliphatic carbocycles. The van der Waals surface area contributed by atoms with Crippen molar-refractivity contribution in [2.24, 2.45) is 4.99 Å². The number of para-hydroxylation sites is 2. The highest BCUT2D eigenvalue weighted by molar-refractivity contribution is 6.18. The van der Waals surface area contributed by atoms with Gasteiger partial charge in [0.25, 0.3) is 0 Å². The molecule has 0 spiro atoms. The van der Waals surface area contributed by atoms with Gasteiger partial charge in [0.05, 0.1) is 16.6 Å². The quantitative estimate of drug-likeness (QED) is 0.134. The molecular weight excluding hydrogens is 647 g/mol. The van der Waals surface area contributed by atoms with Gasteiger partial charge in [-0.05, 0) is 94.2 Å². The first kappa shape index (κ1) is 30.6. The van der Waals surface area contributed by atoms with E-state index in [2.05, 4.69) is 166 Å². The number of fused-ring (bicyclic) bond motifs is 6. The predicted molar refractivity (Wildman–Crippen MR) is 219 cm³/mol. The lowest BCUT2D eigenvalue weighted by molar-refractivity contribution is 1.13. The van der Waals surface area contributed by atoms with Crippen molar-refractivity contribution < 1.29 is 0 Å². The number of aromatic amines is 1. The average Bonchev–Trinajstić information content (AvgIpc) is 3.81. The number of nitrogens with one attached hydrogen (secondary N) is 2. The van der Waals surface area contributed by atoms with E-state index in [0.717, 1.165) is 44.7 Å². The normalized spacial score (nSPS) is 12.0. The SMILES string of the molecule is N=C(/N=c1\[nH]cccc1-c1ccc(-c2cccc3ccccc23)cc1)c1ccc(-n2c3ccccc3c3ccc4c(ccn4-c4ccccc4)c32)cc1. The van der Waals surface area contributed by atoms with Gasteiger partial charge < -0.3 is 14.1 Å². The zero-order valence-corrected chi connectivity index (χ0v) is 28.7. The van der Waals surface area contributed by atoms with Crippen molar-refractivity contribution in [3.63, 3.8) is 0 Å². The number of rotatable bonds is 5. The summed E-state index contributed by atoms with van der Waals surface area (Å²) in [5.41, 5.74) is 11.4. The maximum Gasteiger partial charge on any atom is 0.154 e. The van der Waals surface area contributed by atoms with Crippen LogP contribution in [-0.4, -0.2) is 20.0 Å². The third-order valence-corrected chi connectivity index (χ3v) is 10.3. The number of hydrogen-bond acceptors (Lipinski definition) is 1. The average molecular weight is 680 g/mol. The molecular formula is C48H33N5. The zero-order chi connectivity index (χ0) is 35.3. The Balaban J connectivity index is 1.01. The fraction of sp³-hybridized carbons (Fsp3) is 0. The number of amidine groups is 1. The fourth-order valence-corrected chi connectivity index (χ4v) is 7.76. The molecule has 0 aliphatic rings. The Kier molecular flexibility index (Phi) is 7.22. The molecule has 0 saturated carbocycles. The largest absolute Gasteiger partial charge is 0.346 e. The number of benzene rings is 7. The molecule has 5 heteroatoms. The lowest BCUT2D eigenvalue weighted by Gasteiger charge is -2.11. The van der Waals surface area contributed by atoms with E-state index in [1.807, 2.05) is 36.5 Å². The molecule has 7 aromatic carbocycles. The van der Waals surface area contributed by atoms with Gasteiger partial charge in [0.15, 0.2) is 5.84 Å². The van der Waals surface area contributed by atoms with Gasteiger partial charge in [-0.3, -0.25) is 5.41 Å². The molecule has 0 radical (unpaired) electrons. The van der Waals surface area contributed by atoms with Crippen molar-refractivity contribution >= 4 is 49.3 Å². The first-order chi connectivity index (χ1) is 26.2. The minimum Gasteiger partial charge on any atom is -0.346 e. The third-order valence-electron chi connectivity index (χ3n) is 10.3. The standard InChI is InChI=1S/C48H33N5/c49-47(51-48-40(17-9-30-50-48)34-21-19-33(20-22-34)39-16-8-11-32-10-4-5-14-38(32)39)35-23-25-37(26-24-35)53-45-18-7-6-15-41(45)42-27-28-44-43(46(42)53)29-31-52(44)36-12-2-1-3-13-36/h1-31H,(H2,49,50,51). The summed E-state index contributed by atoms with van der Waals surface area (Å²) in [5, 5.41) is 15.1. The van der Waals surface area contributed by atoms with E-state index in [0.29, 0.717) is 5.49 Å².